The van der Waals surface area contributed by atoms with E-state index in [-0.39, 0.29) is 23.9 Å². The van der Waals surface area contributed by atoms with Crippen molar-refractivity contribution in [3.05, 3.63) is 35.0 Å². The zero-order valence-corrected chi connectivity index (χ0v) is 21.1. The first-order valence-electron chi connectivity index (χ1n) is 11.7. The highest BCUT2D eigenvalue weighted by molar-refractivity contribution is 7.98. The van der Waals surface area contributed by atoms with Gasteiger partial charge in [0, 0.05) is 23.5 Å². The molecule has 2 aromatic heterocycles. The number of thiophene rings is 1. The summed E-state index contributed by atoms with van der Waals surface area (Å²) in [5, 5.41) is 6.65. The van der Waals surface area contributed by atoms with Crippen LogP contribution in [-0.2, 0) is 22.4 Å². The van der Waals surface area contributed by atoms with Crippen LogP contribution in [0.15, 0.2) is 29.4 Å². The minimum absolute atomic E-state index is 0.0196. The fourth-order valence-corrected chi connectivity index (χ4v) is 7.42. The van der Waals surface area contributed by atoms with E-state index in [4.69, 9.17) is 4.74 Å². The minimum Gasteiger partial charge on any atom is -0.377 e. The molecule has 4 heterocycles. The van der Waals surface area contributed by atoms with Gasteiger partial charge in [-0.25, -0.2) is 9.97 Å². The zero-order chi connectivity index (χ0) is 23.4. The molecule has 1 aromatic carbocycles. The van der Waals surface area contributed by atoms with Crippen LogP contribution < -0.4 is 15.2 Å². The zero-order valence-electron chi connectivity index (χ0n) is 19.5. The molecule has 1 amide bonds. The first kappa shape index (κ1) is 22.1. The number of hydrogen-bond donors (Lipinski definition) is 2. The number of carbonyl (C=O) groups is 1. The number of anilines is 3. The molecule has 0 spiro atoms. The van der Waals surface area contributed by atoms with E-state index in [9.17, 15) is 4.79 Å². The van der Waals surface area contributed by atoms with E-state index in [1.54, 1.807) is 29.6 Å². The van der Waals surface area contributed by atoms with Gasteiger partial charge in [-0.1, -0.05) is 0 Å². The van der Waals surface area contributed by atoms with Crippen molar-refractivity contribution >= 4 is 56.6 Å². The van der Waals surface area contributed by atoms with Crippen LogP contribution in [-0.4, -0.2) is 53.1 Å². The summed E-state index contributed by atoms with van der Waals surface area (Å²) in [6.07, 6.45) is 4.13. The monoisotopic (exact) mass is 496 g/mol. The highest BCUT2D eigenvalue weighted by Gasteiger charge is 2.36. The van der Waals surface area contributed by atoms with Gasteiger partial charge in [0.2, 0.25) is 5.91 Å². The maximum Gasteiger partial charge on any atom is 0.226 e. The lowest BCUT2D eigenvalue weighted by atomic mass is 9.86. The molecular formula is C24H28N6O2S2. The lowest BCUT2D eigenvalue weighted by Gasteiger charge is -2.41. The largest absolute Gasteiger partial charge is 0.377 e. The maximum atomic E-state index is 13.4. The van der Waals surface area contributed by atoms with Gasteiger partial charge in [0.1, 0.15) is 17.0 Å². The van der Waals surface area contributed by atoms with Crippen molar-refractivity contribution in [3.8, 4) is 0 Å². The van der Waals surface area contributed by atoms with Gasteiger partial charge in [-0.05, 0) is 68.8 Å². The SMILES string of the molecule is CC1COCC(C)N1C(=O)C1CCc2c(sc3ncnc(Nc4ccc5c(c4)SNN5C)c23)C1. The van der Waals surface area contributed by atoms with E-state index in [2.05, 4.69) is 57.1 Å². The number of aromatic nitrogens is 2. The molecule has 1 fully saturated rings. The van der Waals surface area contributed by atoms with Gasteiger partial charge in [-0.2, -0.15) is 4.83 Å². The highest BCUT2D eigenvalue weighted by Crippen LogP contribution is 2.42. The topological polar surface area (TPSA) is 82.6 Å². The molecule has 1 saturated heterocycles. The first-order chi connectivity index (χ1) is 16.5. The van der Waals surface area contributed by atoms with Crippen LogP contribution in [0.25, 0.3) is 10.2 Å². The van der Waals surface area contributed by atoms with Crippen molar-refractivity contribution < 1.29 is 9.53 Å². The van der Waals surface area contributed by atoms with Crippen molar-refractivity contribution in [2.24, 2.45) is 5.92 Å². The second kappa shape index (κ2) is 8.67. The van der Waals surface area contributed by atoms with Gasteiger partial charge in [-0.3, -0.25) is 4.79 Å². The predicted molar refractivity (Wildman–Crippen MR) is 137 cm³/mol. The van der Waals surface area contributed by atoms with Crippen LogP contribution in [0.5, 0.6) is 0 Å². The smallest absolute Gasteiger partial charge is 0.226 e. The fourth-order valence-electron chi connectivity index (χ4n) is 5.32. The standard InChI is InChI=1S/C24H28N6O2S2/c1-13-10-32-11-14(2)30(13)24(31)15-4-6-17-19(8-15)33-23-21(17)22(25-12-26-23)27-16-5-7-18-20(9-16)34-28-29(18)3/h5,7,9,12-15,28H,4,6,8,10-11H2,1-3H3,(H,25,26,27). The van der Waals surface area contributed by atoms with Crippen molar-refractivity contribution in [1.29, 1.82) is 0 Å². The number of ether oxygens (including phenoxy) is 1. The average molecular weight is 497 g/mol. The van der Waals surface area contributed by atoms with Crippen molar-refractivity contribution in [1.82, 2.24) is 19.7 Å². The molecule has 10 heteroatoms. The summed E-state index contributed by atoms with van der Waals surface area (Å²) < 4.78 is 5.63. The molecule has 2 N–H and O–H groups in total. The predicted octanol–water partition coefficient (Wildman–Crippen LogP) is 4.14. The summed E-state index contributed by atoms with van der Waals surface area (Å²) >= 11 is 3.31. The van der Waals surface area contributed by atoms with Gasteiger partial charge in [-0.15, -0.1) is 11.3 Å². The Morgan fingerprint density at radius 1 is 1.24 bits per heavy atom. The van der Waals surface area contributed by atoms with E-state index in [0.29, 0.717) is 13.2 Å². The van der Waals surface area contributed by atoms with Gasteiger partial charge >= 0.3 is 0 Å². The maximum absolute atomic E-state index is 13.4. The Balaban J connectivity index is 1.27. The van der Waals surface area contributed by atoms with Crippen LogP contribution >= 0.6 is 23.3 Å². The lowest BCUT2D eigenvalue weighted by Crippen LogP contribution is -2.54. The molecule has 0 bridgehead atoms. The summed E-state index contributed by atoms with van der Waals surface area (Å²) in [5.41, 5.74) is 3.46. The molecule has 0 saturated carbocycles. The first-order valence-corrected chi connectivity index (χ1v) is 13.4. The molecule has 178 valence electrons. The van der Waals surface area contributed by atoms with Crippen LogP contribution in [0.3, 0.4) is 0 Å². The van der Waals surface area contributed by atoms with Crippen LogP contribution in [0.4, 0.5) is 17.2 Å². The van der Waals surface area contributed by atoms with E-state index in [0.717, 1.165) is 46.7 Å². The Morgan fingerprint density at radius 3 is 2.88 bits per heavy atom. The molecule has 3 aromatic rings. The minimum atomic E-state index is 0.0196. The van der Waals surface area contributed by atoms with Gasteiger partial charge in [0.05, 0.1) is 41.3 Å². The number of rotatable bonds is 3. The van der Waals surface area contributed by atoms with Crippen LogP contribution in [0.2, 0.25) is 0 Å². The summed E-state index contributed by atoms with van der Waals surface area (Å²) in [6.45, 7) is 5.41. The van der Waals surface area contributed by atoms with Crippen LogP contribution in [0, 0.1) is 5.92 Å². The molecule has 3 aliphatic rings. The van der Waals surface area contributed by atoms with E-state index < -0.39 is 0 Å². The summed E-state index contributed by atoms with van der Waals surface area (Å²) in [5.74, 6) is 1.13. The second-order valence-corrected chi connectivity index (χ2v) is 11.3. The number of nitrogens with zero attached hydrogens (tertiary/aromatic N) is 4. The van der Waals surface area contributed by atoms with Crippen molar-refractivity contribution in [2.45, 2.75) is 50.1 Å². The molecular weight excluding hydrogens is 468 g/mol. The number of hydrazine groups is 1. The van der Waals surface area contributed by atoms with Gasteiger partial charge in [0.15, 0.2) is 0 Å². The van der Waals surface area contributed by atoms with Gasteiger partial charge in [0.25, 0.3) is 0 Å². The third-order valence-electron chi connectivity index (χ3n) is 6.99. The number of hydrogen-bond acceptors (Lipinski definition) is 9. The Bertz CT molecular complexity index is 1250. The molecule has 8 nitrogen and oxygen atoms in total. The number of nitrogens with one attached hydrogen (secondary N) is 2. The Kier molecular flexibility index (Phi) is 5.63. The van der Waals surface area contributed by atoms with Crippen molar-refractivity contribution in [2.75, 3.05) is 30.6 Å². The summed E-state index contributed by atoms with van der Waals surface area (Å²) in [7, 11) is 2.01. The highest BCUT2D eigenvalue weighted by atomic mass is 32.2. The third kappa shape index (κ3) is 3.73. The van der Waals surface area contributed by atoms with Crippen molar-refractivity contribution in [3.63, 3.8) is 0 Å². The number of benzene rings is 1. The molecule has 3 atom stereocenters. The number of fused-ring (bicyclic) bond motifs is 4. The number of morpholine rings is 1. The second-order valence-electron chi connectivity index (χ2n) is 9.39. The Morgan fingerprint density at radius 2 is 2.06 bits per heavy atom. The number of amides is 1. The molecule has 3 unspecified atom stereocenters. The Hall–Kier alpha value is -2.40. The summed E-state index contributed by atoms with van der Waals surface area (Å²) in [6, 6.07) is 6.58. The number of carbonyl (C=O) groups excluding carboxylic acids is 1. The molecule has 2 aliphatic heterocycles. The van der Waals surface area contributed by atoms with Crippen LogP contribution in [0.1, 0.15) is 30.7 Å². The molecule has 0 radical (unpaired) electrons. The van der Waals surface area contributed by atoms with Gasteiger partial charge < -0.3 is 20.0 Å². The fraction of sp³-hybridized carbons (Fsp3) is 0.458. The molecule has 1 aliphatic carbocycles. The quantitative estimate of drug-likeness (QED) is 0.524. The van der Waals surface area contributed by atoms with E-state index in [1.165, 1.54) is 15.3 Å². The Labute approximate surface area is 207 Å². The number of aryl methyl sites for hydroxylation is 1. The average Bonchev–Trinajstić information content (AvgIpc) is 3.39. The third-order valence-corrected chi connectivity index (χ3v) is 9.07. The molecule has 6 rings (SSSR count). The lowest BCUT2D eigenvalue weighted by molar-refractivity contribution is -0.149. The van der Waals surface area contributed by atoms with E-state index >= 15 is 0 Å². The van der Waals surface area contributed by atoms with E-state index in [1.807, 2.05) is 12.1 Å². The summed E-state index contributed by atoms with van der Waals surface area (Å²) in [4.78, 5) is 31.4. The molecule has 34 heavy (non-hydrogen) atoms. The normalized spacial score (nSPS) is 24.3.